The summed E-state index contributed by atoms with van der Waals surface area (Å²) < 4.78 is 35.4. The van der Waals surface area contributed by atoms with Crippen molar-refractivity contribution in [3.8, 4) is 0 Å². The van der Waals surface area contributed by atoms with Gasteiger partial charge in [0, 0.05) is 63.2 Å². The molecule has 0 radical (unpaired) electrons. The maximum absolute atomic E-state index is 5.90. The Morgan fingerprint density at radius 3 is 0.968 bits per heavy atom. The largest absolute Gasteiger partial charge is 0.500 e. The highest BCUT2D eigenvalue weighted by Gasteiger charge is 2.40. The topological polar surface area (TPSA) is 90.4 Å². The van der Waals surface area contributed by atoms with Gasteiger partial charge in [0.1, 0.15) is 0 Å². The number of rotatable bonds is 23. The fourth-order valence-corrected chi connectivity index (χ4v) is 14.7. The third-order valence-corrected chi connectivity index (χ3v) is 16.7. The Balaban J connectivity index is 0. The van der Waals surface area contributed by atoms with E-state index in [1.54, 1.807) is 0 Å². The van der Waals surface area contributed by atoms with Crippen LogP contribution in [0.1, 0.15) is 54.4 Å². The van der Waals surface area contributed by atoms with Gasteiger partial charge >= 0.3 is 17.6 Å². The van der Waals surface area contributed by atoms with E-state index in [1.807, 2.05) is 82.8 Å². The van der Waals surface area contributed by atoms with Gasteiger partial charge in [-0.1, -0.05) is 21.6 Å². The second-order valence-electron chi connectivity index (χ2n) is 5.95. The molecule has 0 aromatic rings. The van der Waals surface area contributed by atoms with Crippen LogP contribution in [0.5, 0.6) is 0 Å². The zero-order chi connectivity index (χ0) is 22.6. The molecule has 13 heteroatoms. The molecule has 0 atom stereocenters. The average molecular weight is 556 g/mol. The molecular weight excluding hydrogens is 511 g/mol. The number of hydrogen-bond acceptors (Lipinski definition) is 11. The molecule has 0 fully saturated rings. The van der Waals surface area contributed by atoms with Crippen molar-refractivity contribution in [3.63, 3.8) is 0 Å². The molecule has 31 heavy (non-hydrogen) atoms. The second kappa shape index (κ2) is 23.3. The molecule has 0 unspecified atom stereocenters. The molecule has 0 saturated heterocycles. The Morgan fingerprint density at radius 2 is 0.742 bits per heavy atom. The van der Waals surface area contributed by atoms with Gasteiger partial charge in [-0.2, -0.15) is 0 Å². The summed E-state index contributed by atoms with van der Waals surface area (Å²) in [5.41, 5.74) is 0. The Hall–Kier alpha value is 1.55. The van der Waals surface area contributed by atoms with Gasteiger partial charge in [-0.25, -0.2) is 0 Å². The third kappa shape index (κ3) is 16.8. The fraction of sp³-hybridized carbons (Fsp3) is 1.00. The van der Waals surface area contributed by atoms with E-state index in [2.05, 4.69) is 0 Å². The molecule has 190 valence electrons. The Morgan fingerprint density at radius 1 is 0.484 bits per heavy atom. The molecule has 0 bridgehead atoms. The van der Waals surface area contributed by atoms with E-state index in [9.17, 15) is 0 Å². The molecule has 0 aliphatic heterocycles. The van der Waals surface area contributed by atoms with Gasteiger partial charge in [-0.05, 0) is 74.0 Å². The van der Waals surface area contributed by atoms with Gasteiger partial charge in [-0.15, -0.1) is 0 Å². The summed E-state index contributed by atoms with van der Waals surface area (Å²) in [6.45, 7) is 15.8. The van der Waals surface area contributed by atoms with Gasteiger partial charge in [0.15, 0.2) is 0 Å². The summed E-state index contributed by atoms with van der Waals surface area (Å²) in [4.78, 5) is 0. The van der Waals surface area contributed by atoms with Crippen molar-refractivity contribution in [2.75, 3.05) is 51.1 Å². The highest BCUT2D eigenvalue weighted by molar-refractivity contribution is 9.26. The Bertz CT molecular complexity index is 327. The fourth-order valence-electron chi connectivity index (χ4n) is 2.81. The van der Waals surface area contributed by atoms with E-state index in [0.717, 1.165) is 36.4 Å². The lowest BCUT2D eigenvalue weighted by Crippen LogP contribution is -2.46. The third-order valence-electron chi connectivity index (χ3n) is 3.73. The highest BCUT2D eigenvalue weighted by Crippen LogP contribution is 2.44. The Labute approximate surface area is 208 Å². The van der Waals surface area contributed by atoms with E-state index < -0.39 is 17.6 Å². The van der Waals surface area contributed by atoms with Crippen molar-refractivity contribution in [3.05, 3.63) is 0 Å². The zero-order valence-corrected chi connectivity index (χ0v) is 25.5. The second-order valence-corrected chi connectivity index (χ2v) is 17.7. The maximum Gasteiger partial charge on any atom is 0.500 e. The predicted octanol–water partition coefficient (Wildman–Crippen LogP) is 6.70. The molecule has 0 heterocycles. The quantitative estimate of drug-likeness (QED) is 0.0829. The summed E-state index contributed by atoms with van der Waals surface area (Å²) in [6.07, 6.45) is 2.08. The summed E-state index contributed by atoms with van der Waals surface area (Å²) in [5, 5.41) is 0. The van der Waals surface area contributed by atoms with Gasteiger partial charge in [0.2, 0.25) is 0 Å². The first-order valence-electron chi connectivity index (χ1n) is 11.0. The summed E-state index contributed by atoms with van der Waals surface area (Å²) in [7, 11) is 2.48. The molecule has 7 nitrogen and oxygen atoms in total. The first-order valence-corrected chi connectivity index (χ1v) is 20.0. The van der Waals surface area contributed by atoms with Crippen LogP contribution in [-0.2, 0) is 26.6 Å². The predicted molar refractivity (Wildman–Crippen MR) is 145 cm³/mol. The van der Waals surface area contributed by atoms with Crippen molar-refractivity contribution >= 4 is 58.8 Å². The monoisotopic (exact) mass is 555 g/mol. The number of hydrogen-bond donors (Lipinski definition) is 1. The van der Waals surface area contributed by atoms with Crippen LogP contribution in [0.3, 0.4) is 0 Å². The van der Waals surface area contributed by atoms with Crippen LogP contribution in [0, 0.1) is 0 Å². The molecule has 0 saturated carbocycles. The Kier molecular flexibility index (Phi) is 26.1. The van der Waals surface area contributed by atoms with Crippen LogP contribution in [0.2, 0.25) is 12.1 Å². The van der Waals surface area contributed by atoms with Crippen LogP contribution >= 0.6 is 41.2 Å². The lowest BCUT2D eigenvalue weighted by atomic mass is 10.6. The van der Waals surface area contributed by atoms with E-state index in [-0.39, 0.29) is 6.15 Å². The molecule has 0 aliphatic rings. The standard InChI is InChI=1S/C18H42O6S4Si2.H3N/c1-7-19-29(20-8-2,21-9-3)17-13-15-25-27-28-26-16-14-18-30(22-10-4,23-11-5)24-12-6;/h7-18H2,1-6H3;1H3. The SMILES string of the molecule is CCO[Si](CCCSSSSCCC[Si](OCC)(OCC)OCC)(OCC)OCC.N. The van der Waals surface area contributed by atoms with Crippen LogP contribution in [0.25, 0.3) is 0 Å². The van der Waals surface area contributed by atoms with Gasteiger partial charge in [-0.3, -0.25) is 0 Å². The van der Waals surface area contributed by atoms with Gasteiger partial charge < -0.3 is 32.7 Å². The van der Waals surface area contributed by atoms with E-state index in [0.29, 0.717) is 39.6 Å². The van der Waals surface area contributed by atoms with Crippen molar-refractivity contribution in [2.24, 2.45) is 0 Å². The summed E-state index contributed by atoms with van der Waals surface area (Å²) in [5.74, 6) is 2.13. The zero-order valence-electron chi connectivity index (χ0n) is 20.3. The smallest absolute Gasteiger partial charge is 0.374 e. The minimum Gasteiger partial charge on any atom is -0.374 e. The molecular formula is C18H45NO6S4Si2. The van der Waals surface area contributed by atoms with E-state index in [4.69, 9.17) is 26.6 Å². The minimum absolute atomic E-state index is 0. The van der Waals surface area contributed by atoms with Crippen LogP contribution < -0.4 is 6.15 Å². The average Bonchev–Trinajstić information content (AvgIpc) is 2.70. The molecule has 0 aromatic heterocycles. The van der Waals surface area contributed by atoms with Crippen molar-refractivity contribution in [1.82, 2.24) is 6.15 Å². The maximum atomic E-state index is 5.90. The molecule has 0 rings (SSSR count). The van der Waals surface area contributed by atoms with Gasteiger partial charge in [0.05, 0.1) is 0 Å². The molecule has 0 spiro atoms. The van der Waals surface area contributed by atoms with E-state index >= 15 is 0 Å². The summed E-state index contributed by atoms with van der Waals surface area (Å²) >= 11 is 0. The van der Waals surface area contributed by atoms with Crippen molar-refractivity contribution in [1.29, 1.82) is 0 Å². The molecule has 3 N–H and O–H groups in total. The summed E-state index contributed by atoms with van der Waals surface area (Å²) in [6, 6.07) is 1.76. The minimum atomic E-state index is -2.49. The molecule has 0 aliphatic carbocycles. The highest BCUT2D eigenvalue weighted by atomic mass is 33.7. The van der Waals surface area contributed by atoms with Crippen LogP contribution in [-0.4, -0.2) is 68.8 Å². The van der Waals surface area contributed by atoms with Crippen LogP contribution in [0.15, 0.2) is 0 Å². The van der Waals surface area contributed by atoms with E-state index in [1.165, 1.54) is 0 Å². The molecule has 0 aromatic carbocycles. The normalized spacial score (nSPS) is 12.2. The van der Waals surface area contributed by atoms with Crippen molar-refractivity contribution < 1.29 is 26.6 Å². The lowest BCUT2D eigenvalue weighted by Gasteiger charge is -2.28. The molecule has 0 amide bonds. The van der Waals surface area contributed by atoms with Crippen LogP contribution in [0.4, 0.5) is 0 Å². The first kappa shape index (κ1) is 34.7. The first-order chi connectivity index (χ1) is 14.6. The van der Waals surface area contributed by atoms with Gasteiger partial charge in [0.25, 0.3) is 0 Å². The lowest BCUT2D eigenvalue weighted by molar-refractivity contribution is 0.0704. The van der Waals surface area contributed by atoms with Crippen molar-refractivity contribution in [2.45, 2.75) is 66.5 Å².